The first kappa shape index (κ1) is 18.8. The molecule has 0 aliphatic carbocycles. The van der Waals surface area contributed by atoms with Crippen molar-refractivity contribution in [3.05, 3.63) is 77.1 Å². The average molecular weight is 416 g/mol. The third-order valence-electron chi connectivity index (χ3n) is 5.37. The van der Waals surface area contributed by atoms with E-state index in [-0.39, 0.29) is 11.9 Å². The fourth-order valence-corrected chi connectivity index (χ4v) is 4.91. The molecule has 2 aromatic carbocycles. The van der Waals surface area contributed by atoms with E-state index in [1.165, 1.54) is 0 Å². The zero-order valence-electron chi connectivity index (χ0n) is 16.8. The molecule has 1 aliphatic rings. The van der Waals surface area contributed by atoms with E-state index in [1.54, 1.807) is 11.3 Å². The number of ether oxygens (including phenoxy) is 1. The number of rotatable bonds is 3. The second-order valence-corrected chi connectivity index (χ2v) is 8.52. The van der Waals surface area contributed by atoms with E-state index in [4.69, 9.17) is 9.72 Å². The lowest BCUT2D eigenvalue weighted by molar-refractivity contribution is 0.0925. The van der Waals surface area contributed by atoms with E-state index in [1.807, 2.05) is 62.4 Å². The molecule has 1 atom stereocenters. The van der Waals surface area contributed by atoms with Gasteiger partial charge in [0.2, 0.25) is 0 Å². The van der Waals surface area contributed by atoms with Gasteiger partial charge in [0, 0.05) is 34.5 Å². The Kier molecular flexibility index (Phi) is 4.71. The first-order valence-corrected chi connectivity index (χ1v) is 10.8. The van der Waals surface area contributed by atoms with Crippen LogP contribution in [0, 0.1) is 13.8 Å². The first-order valence-electron chi connectivity index (χ1n) is 9.96. The van der Waals surface area contributed by atoms with Gasteiger partial charge in [-0.25, -0.2) is 4.98 Å². The van der Waals surface area contributed by atoms with E-state index >= 15 is 0 Å². The number of carbonyl (C=O) groups is 1. The van der Waals surface area contributed by atoms with Crippen molar-refractivity contribution >= 4 is 27.5 Å². The van der Waals surface area contributed by atoms with E-state index in [2.05, 4.69) is 16.4 Å². The fourth-order valence-electron chi connectivity index (χ4n) is 3.83. The summed E-state index contributed by atoms with van der Waals surface area (Å²) < 4.78 is 6.69. The third-order valence-corrected chi connectivity index (χ3v) is 6.42. The maximum Gasteiger partial charge on any atom is 0.251 e. The van der Waals surface area contributed by atoms with Crippen molar-refractivity contribution in [1.82, 2.24) is 15.3 Å². The normalized spacial score (nSPS) is 15.5. The maximum absolute atomic E-state index is 13.0. The van der Waals surface area contributed by atoms with Gasteiger partial charge >= 0.3 is 0 Å². The number of aryl methyl sites for hydroxylation is 2. The van der Waals surface area contributed by atoms with Crippen molar-refractivity contribution in [2.75, 3.05) is 6.61 Å². The summed E-state index contributed by atoms with van der Waals surface area (Å²) in [6.45, 7) is 4.58. The van der Waals surface area contributed by atoms with Crippen LogP contribution in [-0.4, -0.2) is 22.5 Å². The van der Waals surface area contributed by atoms with Gasteiger partial charge in [-0.05, 0) is 50.2 Å². The topological polar surface area (TPSA) is 64.1 Å². The standard InChI is InChI=1S/C24H21N3O2S/c1-14-7-9-17(15(2)25-14)24-27-20-10-8-16(13-22(20)30-24)23(28)26-19-11-12-29-21-6-4-3-5-18(19)21/h3-10,13,19H,11-12H2,1-2H3,(H,26,28). The smallest absolute Gasteiger partial charge is 0.251 e. The molecule has 5 rings (SSSR count). The number of fused-ring (bicyclic) bond motifs is 2. The van der Waals surface area contributed by atoms with E-state index in [0.717, 1.165) is 49.9 Å². The zero-order valence-corrected chi connectivity index (χ0v) is 17.6. The maximum atomic E-state index is 13.0. The van der Waals surface area contributed by atoms with Crippen LogP contribution in [0.4, 0.5) is 0 Å². The van der Waals surface area contributed by atoms with Gasteiger partial charge in [0.1, 0.15) is 10.8 Å². The number of thiazole rings is 1. The second-order valence-electron chi connectivity index (χ2n) is 7.49. The average Bonchev–Trinajstić information content (AvgIpc) is 3.17. The summed E-state index contributed by atoms with van der Waals surface area (Å²) in [5, 5.41) is 4.09. The molecule has 30 heavy (non-hydrogen) atoms. The number of nitrogens with one attached hydrogen (secondary N) is 1. The molecular formula is C24H21N3O2S. The highest BCUT2D eigenvalue weighted by Crippen LogP contribution is 2.34. The lowest BCUT2D eigenvalue weighted by Crippen LogP contribution is -2.32. The molecule has 0 bridgehead atoms. The van der Waals surface area contributed by atoms with E-state index in [0.29, 0.717) is 12.2 Å². The van der Waals surface area contributed by atoms with Crippen molar-refractivity contribution in [2.24, 2.45) is 0 Å². The van der Waals surface area contributed by atoms with Gasteiger partial charge in [-0.3, -0.25) is 9.78 Å². The number of nitrogens with zero attached hydrogens (tertiary/aromatic N) is 2. The number of benzene rings is 2. The minimum Gasteiger partial charge on any atom is -0.493 e. The molecule has 1 aliphatic heterocycles. The zero-order chi connectivity index (χ0) is 20.7. The van der Waals surface area contributed by atoms with Gasteiger partial charge in [-0.2, -0.15) is 0 Å². The van der Waals surface area contributed by atoms with Crippen molar-refractivity contribution in [1.29, 1.82) is 0 Å². The molecule has 1 unspecified atom stereocenters. The van der Waals surface area contributed by atoms with Crippen LogP contribution in [0.25, 0.3) is 20.8 Å². The molecule has 2 aromatic heterocycles. The molecule has 5 nitrogen and oxygen atoms in total. The highest BCUT2D eigenvalue weighted by Gasteiger charge is 2.23. The van der Waals surface area contributed by atoms with Crippen LogP contribution >= 0.6 is 11.3 Å². The van der Waals surface area contributed by atoms with Crippen molar-refractivity contribution < 1.29 is 9.53 Å². The number of amides is 1. The monoisotopic (exact) mass is 415 g/mol. The van der Waals surface area contributed by atoms with Crippen LogP contribution in [0.2, 0.25) is 0 Å². The summed E-state index contributed by atoms with van der Waals surface area (Å²) in [5.41, 5.74) is 5.55. The highest BCUT2D eigenvalue weighted by molar-refractivity contribution is 7.21. The number of hydrogen-bond acceptors (Lipinski definition) is 5. The molecule has 0 saturated carbocycles. The minimum atomic E-state index is -0.0817. The molecule has 0 saturated heterocycles. The van der Waals surface area contributed by atoms with Crippen LogP contribution < -0.4 is 10.1 Å². The van der Waals surface area contributed by atoms with Gasteiger partial charge in [0.15, 0.2) is 0 Å². The lowest BCUT2D eigenvalue weighted by Gasteiger charge is -2.26. The largest absolute Gasteiger partial charge is 0.493 e. The van der Waals surface area contributed by atoms with E-state index < -0.39 is 0 Å². The number of pyridine rings is 1. The molecule has 3 heterocycles. The van der Waals surface area contributed by atoms with Gasteiger partial charge in [-0.15, -0.1) is 11.3 Å². The Morgan fingerprint density at radius 3 is 2.83 bits per heavy atom. The summed E-state index contributed by atoms with van der Waals surface area (Å²) in [7, 11) is 0. The molecule has 0 spiro atoms. The summed E-state index contributed by atoms with van der Waals surface area (Å²) in [4.78, 5) is 22.2. The Morgan fingerprint density at radius 2 is 1.97 bits per heavy atom. The second kappa shape index (κ2) is 7.54. The molecule has 1 N–H and O–H groups in total. The first-order chi connectivity index (χ1) is 14.6. The minimum absolute atomic E-state index is 0.0450. The Labute approximate surface area is 178 Å². The fraction of sp³-hybridized carbons (Fsp3) is 0.208. The van der Waals surface area contributed by atoms with Gasteiger partial charge < -0.3 is 10.1 Å². The van der Waals surface area contributed by atoms with Crippen LogP contribution in [-0.2, 0) is 0 Å². The van der Waals surface area contributed by atoms with Crippen molar-refractivity contribution in [3.63, 3.8) is 0 Å². The Hall–Kier alpha value is -3.25. The molecular weight excluding hydrogens is 394 g/mol. The summed E-state index contributed by atoms with van der Waals surface area (Å²) in [5.74, 6) is 0.764. The van der Waals surface area contributed by atoms with Crippen LogP contribution in [0.15, 0.2) is 54.6 Å². The predicted octanol–water partition coefficient (Wildman–Crippen LogP) is 5.23. The Balaban J connectivity index is 1.42. The lowest BCUT2D eigenvalue weighted by atomic mass is 10.00. The highest BCUT2D eigenvalue weighted by atomic mass is 32.1. The number of hydrogen-bond donors (Lipinski definition) is 1. The van der Waals surface area contributed by atoms with Gasteiger partial charge in [0.25, 0.3) is 5.91 Å². The van der Waals surface area contributed by atoms with E-state index in [9.17, 15) is 4.79 Å². The van der Waals surface area contributed by atoms with Crippen molar-refractivity contribution in [3.8, 4) is 16.3 Å². The SMILES string of the molecule is Cc1ccc(-c2nc3ccc(C(=O)NC4CCOc5ccccc54)cc3s2)c(C)n1. The molecule has 0 radical (unpaired) electrons. The Morgan fingerprint density at radius 1 is 1.10 bits per heavy atom. The summed E-state index contributed by atoms with van der Waals surface area (Å²) in [6.07, 6.45) is 0.759. The molecule has 4 aromatic rings. The Bertz CT molecular complexity index is 1260. The predicted molar refractivity (Wildman–Crippen MR) is 119 cm³/mol. The quantitative estimate of drug-likeness (QED) is 0.498. The van der Waals surface area contributed by atoms with Crippen LogP contribution in [0.3, 0.4) is 0 Å². The number of aromatic nitrogens is 2. The van der Waals surface area contributed by atoms with Gasteiger partial charge in [-0.1, -0.05) is 18.2 Å². The number of carbonyl (C=O) groups excluding carboxylic acids is 1. The van der Waals surface area contributed by atoms with Crippen LogP contribution in [0.1, 0.15) is 39.8 Å². The molecule has 6 heteroatoms. The molecule has 0 fully saturated rings. The van der Waals surface area contributed by atoms with Gasteiger partial charge in [0.05, 0.1) is 22.9 Å². The van der Waals surface area contributed by atoms with Crippen molar-refractivity contribution in [2.45, 2.75) is 26.3 Å². The number of para-hydroxylation sites is 1. The summed E-state index contributed by atoms with van der Waals surface area (Å²) >= 11 is 1.59. The molecule has 150 valence electrons. The third kappa shape index (κ3) is 3.44. The molecule has 1 amide bonds. The summed E-state index contributed by atoms with van der Waals surface area (Å²) in [6, 6.07) is 17.6. The van der Waals surface area contributed by atoms with Crippen LogP contribution in [0.5, 0.6) is 5.75 Å².